The van der Waals surface area contributed by atoms with Crippen molar-refractivity contribution in [3.05, 3.63) is 17.9 Å². The number of amides is 1. The lowest BCUT2D eigenvalue weighted by molar-refractivity contribution is -0.107. The van der Waals surface area contributed by atoms with Gasteiger partial charge in [-0.3, -0.25) is 4.79 Å². The van der Waals surface area contributed by atoms with Crippen LogP contribution in [0, 0.1) is 5.82 Å². The van der Waals surface area contributed by atoms with Crippen molar-refractivity contribution < 1.29 is 9.18 Å². The lowest BCUT2D eigenvalue weighted by atomic mass is 10.2. The molecule has 0 aromatic heterocycles. The number of halogens is 2. The maximum Gasteiger partial charge on any atom is 0.213 e. The van der Waals surface area contributed by atoms with Crippen molar-refractivity contribution in [2.24, 2.45) is 0 Å². The van der Waals surface area contributed by atoms with Crippen LogP contribution in [0.4, 0.5) is 15.8 Å². The van der Waals surface area contributed by atoms with Crippen LogP contribution in [-0.4, -0.2) is 31.6 Å². The summed E-state index contributed by atoms with van der Waals surface area (Å²) in [4.78, 5) is 13.2. The van der Waals surface area contributed by atoms with Crippen LogP contribution >= 0.6 is 23.4 Å². The van der Waals surface area contributed by atoms with Crippen LogP contribution in [0.15, 0.2) is 17.0 Å². The van der Waals surface area contributed by atoms with Crippen molar-refractivity contribution in [2.45, 2.75) is 24.7 Å². The summed E-state index contributed by atoms with van der Waals surface area (Å²) in [5.74, 6) is 1.11. The minimum atomic E-state index is -0.357. The molecule has 0 bridgehead atoms. The van der Waals surface area contributed by atoms with Crippen LogP contribution in [0.25, 0.3) is 0 Å². The maximum atomic E-state index is 14.0. The fraction of sp³-hybridized carbons (Fsp3) is 0.500. The maximum absolute atomic E-state index is 14.0. The van der Waals surface area contributed by atoms with E-state index >= 15 is 0 Å². The molecule has 1 rings (SSSR count). The molecule has 1 amide bonds. The van der Waals surface area contributed by atoms with Crippen LogP contribution in [0.3, 0.4) is 0 Å². The molecule has 20 heavy (non-hydrogen) atoms. The van der Waals surface area contributed by atoms with Gasteiger partial charge >= 0.3 is 0 Å². The second kappa shape index (κ2) is 9.08. The summed E-state index contributed by atoms with van der Waals surface area (Å²) in [5, 5.41) is 3.04. The first-order chi connectivity index (χ1) is 9.63. The Labute approximate surface area is 128 Å². The number of rotatable bonds is 9. The Bertz CT molecular complexity index is 445. The third-order valence-electron chi connectivity index (χ3n) is 2.67. The average Bonchev–Trinajstić information content (AvgIpc) is 2.46. The molecule has 0 atom stereocenters. The highest BCUT2D eigenvalue weighted by Gasteiger charge is 2.13. The molecule has 0 heterocycles. The van der Waals surface area contributed by atoms with Gasteiger partial charge in [-0.2, -0.15) is 0 Å². The fourth-order valence-electron chi connectivity index (χ4n) is 1.63. The highest BCUT2D eigenvalue weighted by Crippen LogP contribution is 2.34. The molecular formula is C14H20ClFN2OS. The molecule has 112 valence electrons. The van der Waals surface area contributed by atoms with Crippen LogP contribution in [0.2, 0.25) is 0 Å². The number of carbonyl (C=O) groups is 1. The third-order valence-corrected chi connectivity index (χ3v) is 4.19. The van der Waals surface area contributed by atoms with Gasteiger partial charge in [0.1, 0.15) is 5.82 Å². The Morgan fingerprint density at radius 2 is 2.25 bits per heavy atom. The highest BCUT2D eigenvalue weighted by atomic mass is 35.5. The molecule has 0 aliphatic heterocycles. The summed E-state index contributed by atoms with van der Waals surface area (Å²) in [5.41, 5.74) is 1.05. The van der Waals surface area contributed by atoms with E-state index in [1.54, 1.807) is 24.9 Å². The van der Waals surface area contributed by atoms with Crippen molar-refractivity contribution in [1.82, 2.24) is 0 Å². The zero-order valence-corrected chi connectivity index (χ0v) is 13.4. The number of anilines is 2. The predicted molar refractivity (Wildman–Crippen MR) is 85.7 cm³/mol. The summed E-state index contributed by atoms with van der Waals surface area (Å²) in [7, 11) is 1.62. The number of carbonyl (C=O) groups excluding carboxylic acids is 1. The standard InChI is InChI=1S/C14H20ClFN2OS/c1-3-7-20-14-9-12(17-6-4-5-15)11(16)8-13(14)18(2)10-19/h8-10,17H,3-7H2,1-2H3. The monoisotopic (exact) mass is 318 g/mol. The van der Waals surface area contributed by atoms with Crippen molar-refractivity contribution >= 4 is 41.1 Å². The molecule has 0 aliphatic rings. The summed E-state index contributed by atoms with van der Waals surface area (Å²) in [6, 6.07) is 3.16. The molecule has 0 saturated heterocycles. The van der Waals surface area contributed by atoms with Crippen LogP contribution < -0.4 is 10.2 Å². The molecule has 0 fully saturated rings. The molecular weight excluding hydrogens is 299 g/mol. The van der Waals surface area contributed by atoms with Gasteiger partial charge in [-0.15, -0.1) is 23.4 Å². The first kappa shape index (κ1) is 17.1. The van der Waals surface area contributed by atoms with E-state index in [2.05, 4.69) is 12.2 Å². The van der Waals surface area contributed by atoms with Gasteiger partial charge < -0.3 is 10.2 Å². The van der Waals surface area contributed by atoms with Gasteiger partial charge in [0.15, 0.2) is 0 Å². The molecule has 0 radical (unpaired) electrons. The number of alkyl halides is 1. The van der Waals surface area contributed by atoms with Gasteiger partial charge in [0.05, 0.1) is 11.4 Å². The average molecular weight is 319 g/mol. The third kappa shape index (κ3) is 4.87. The summed E-state index contributed by atoms with van der Waals surface area (Å²) in [6.07, 6.45) is 2.47. The smallest absolute Gasteiger partial charge is 0.213 e. The molecule has 0 aliphatic carbocycles. The van der Waals surface area contributed by atoms with Crippen molar-refractivity contribution in [1.29, 1.82) is 0 Å². The van der Waals surface area contributed by atoms with E-state index in [9.17, 15) is 9.18 Å². The van der Waals surface area contributed by atoms with E-state index in [4.69, 9.17) is 11.6 Å². The number of hydrogen-bond acceptors (Lipinski definition) is 3. The Morgan fingerprint density at radius 1 is 1.50 bits per heavy atom. The molecule has 1 N–H and O–H groups in total. The zero-order valence-electron chi connectivity index (χ0n) is 11.8. The van der Waals surface area contributed by atoms with Gasteiger partial charge in [-0.1, -0.05) is 6.92 Å². The van der Waals surface area contributed by atoms with E-state index in [1.807, 2.05) is 0 Å². The second-order valence-electron chi connectivity index (χ2n) is 4.33. The van der Waals surface area contributed by atoms with Crippen LogP contribution in [-0.2, 0) is 4.79 Å². The summed E-state index contributed by atoms with van der Waals surface area (Å²) >= 11 is 7.23. The van der Waals surface area contributed by atoms with Gasteiger partial charge in [0.25, 0.3) is 0 Å². The number of nitrogens with zero attached hydrogens (tertiary/aromatic N) is 1. The number of benzene rings is 1. The zero-order chi connectivity index (χ0) is 15.0. The van der Waals surface area contributed by atoms with Gasteiger partial charge in [-0.05, 0) is 24.7 Å². The molecule has 1 aromatic carbocycles. The molecule has 3 nitrogen and oxygen atoms in total. The molecule has 6 heteroatoms. The van der Waals surface area contributed by atoms with E-state index < -0.39 is 0 Å². The van der Waals surface area contributed by atoms with Gasteiger partial charge in [-0.25, -0.2) is 4.39 Å². The Kier molecular flexibility index (Phi) is 7.77. The molecule has 0 saturated carbocycles. The van der Waals surface area contributed by atoms with E-state index in [-0.39, 0.29) is 5.82 Å². The van der Waals surface area contributed by atoms with E-state index in [0.717, 1.165) is 23.5 Å². The van der Waals surface area contributed by atoms with Gasteiger partial charge in [0, 0.05) is 30.4 Å². The highest BCUT2D eigenvalue weighted by molar-refractivity contribution is 7.99. The summed E-state index contributed by atoms with van der Waals surface area (Å²) in [6.45, 7) is 2.71. The minimum absolute atomic E-state index is 0.357. The van der Waals surface area contributed by atoms with Crippen LogP contribution in [0.5, 0.6) is 0 Å². The van der Waals surface area contributed by atoms with Crippen molar-refractivity contribution in [3.63, 3.8) is 0 Å². The minimum Gasteiger partial charge on any atom is -0.383 e. The fourth-order valence-corrected chi connectivity index (χ4v) is 2.74. The number of hydrogen-bond donors (Lipinski definition) is 1. The first-order valence-corrected chi connectivity index (χ1v) is 8.10. The first-order valence-electron chi connectivity index (χ1n) is 6.58. The number of nitrogens with one attached hydrogen (secondary N) is 1. The van der Waals surface area contributed by atoms with E-state index in [1.165, 1.54) is 11.0 Å². The van der Waals surface area contributed by atoms with Crippen LogP contribution in [0.1, 0.15) is 19.8 Å². The van der Waals surface area contributed by atoms with Crippen molar-refractivity contribution in [2.75, 3.05) is 35.4 Å². The van der Waals surface area contributed by atoms with Gasteiger partial charge in [0.2, 0.25) is 6.41 Å². The van der Waals surface area contributed by atoms with E-state index in [0.29, 0.717) is 30.2 Å². The lowest BCUT2D eigenvalue weighted by Gasteiger charge is -2.18. The molecule has 1 aromatic rings. The quantitative estimate of drug-likeness (QED) is 0.324. The Morgan fingerprint density at radius 3 is 2.85 bits per heavy atom. The van der Waals surface area contributed by atoms with Crippen molar-refractivity contribution in [3.8, 4) is 0 Å². The topological polar surface area (TPSA) is 32.3 Å². The number of thioether (sulfide) groups is 1. The Hall–Kier alpha value is -0.940. The molecule has 0 spiro atoms. The largest absolute Gasteiger partial charge is 0.383 e. The molecule has 0 unspecified atom stereocenters. The second-order valence-corrected chi connectivity index (χ2v) is 5.85. The predicted octanol–water partition coefficient (Wildman–Crippen LogP) is 3.96. The Balaban J connectivity index is 3.00. The summed E-state index contributed by atoms with van der Waals surface area (Å²) < 4.78 is 14.0. The normalized spacial score (nSPS) is 10.4. The SMILES string of the molecule is CCCSc1cc(NCCCCl)c(F)cc1N(C)C=O. The lowest BCUT2D eigenvalue weighted by Crippen LogP contribution is -2.15.